The van der Waals surface area contributed by atoms with Crippen LogP contribution in [0.5, 0.6) is 0 Å². The third kappa shape index (κ3) is 3.20. The molecule has 0 spiro atoms. The van der Waals surface area contributed by atoms with Crippen LogP contribution >= 0.6 is 0 Å². The number of benzene rings is 2. The van der Waals surface area contributed by atoms with Crippen LogP contribution in [0.4, 0.5) is 5.69 Å². The molecule has 1 N–H and O–H groups in total. The van der Waals surface area contributed by atoms with E-state index in [9.17, 15) is 9.59 Å². The summed E-state index contributed by atoms with van der Waals surface area (Å²) in [4.78, 5) is 26.8. The van der Waals surface area contributed by atoms with E-state index in [0.29, 0.717) is 31.5 Å². The minimum Gasteiger partial charge on any atom is -0.472 e. The maximum absolute atomic E-state index is 12.7. The molecular weight excluding hydrogens is 328 g/mol. The molecule has 4 rings (SSSR count). The number of carbonyl (C=O) groups excluding carboxylic acids is 2. The van der Waals surface area contributed by atoms with Gasteiger partial charge < -0.3 is 14.6 Å². The third-order valence-corrected chi connectivity index (χ3v) is 4.97. The van der Waals surface area contributed by atoms with E-state index in [1.165, 1.54) is 12.5 Å². The molecule has 1 aliphatic rings. The van der Waals surface area contributed by atoms with E-state index >= 15 is 0 Å². The van der Waals surface area contributed by atoms with Crippen molar-refractivity contribution in [2.75, 3.05) is 18.4 Å². The number of piperidine rings is 1. The van der Waals surface area contributed by atoms with Crippen molar-refractivity contribution in [1.82, 2.24) is 4.90 Å². The van der Waals surface area contributed by atoms with Crippen molar-refractivity contribution in [2.45, 2.75) is 12.8 Å². The molecule has 2 amide bonds. The van der Waals surface area contributed by atoms with Gasteiger partial charge in [0.15, 0.2) is 0 Å². The largest absolute Gasteiger partial charge is 0.472 e. The summed E-state index contributed by atoms with van der Waals surface area (Å²) in [6, 6.07) is 15.6. The van der Waals surface area contributed by atoms with E-state index in [1.807, 2.05) is 42.5 Å². The Balaban J connectivity index is 1.40. The molecule has 1 aromatic heterocycles. The van der Waals surface area contributed by atoms with Gasteiger partial charge in [0.2, 0.25) is 5.91 Å². The quantitative estimate of drug-likeness (QED) is 0.780. The number of hydrogen-bond acceptors (Lipinski definition) is 3. The molecule has 0 aliphatic carbocycles. The van der Waals surface area contributed by atoms with Gasteiger partial charge in [-0.3, -0.25) is 9.59 Å². The second kappa shape index (κ2) is 7.04. The maximum Gasteiger partial charge on any atom is 0.257 e. The van der Waals surface area contributed by atoms with Gasteiger partial charge in [0.25, 0.3) is 5.91 Å². The Labute approximate surface area is 151 Å². The molecule has 0 saturated carbocycles. The van der Waals surface area contributed by atoms with E-state index in [4.69, 9.17) is 4.42 Å². The molecule has 0 bridgehead atoms. The van der Waals surface area contributed by atoms with Gasteiger partial charge in [0, 0.05) is 30.1 Å². The molecule has 2 aromatic carbocycles. The number of carbonyl (C=O) groups is 2. The number of rotatable bonds is 3. The molecule has 0 unspecified atom stereocenters. The molecule has 0 atom stereocenters. The Bertz CT molecular complexity index is 920. The van der Waals surface area contributed by atoms with Gasteiger partial charge in [-0.05, 0) is 30.4 Å². The van der Waals surface area contributed by atoms with Gasteiger partial charge in [-0.1, -0.05) is 36.4 Å². The molecule has 2 heterocycles. The second-order valence-corrected chi connectivity index (χ2v) is 6.59. The SMILES string of the molecule is O=C(Nc1cccc2ccccc12)C1CCN(C(=O)c2ccoc2)CC1. The first-order valence-corrected chi connectivity index (χ1v) is 8.82. The lowest BCUT2D eigenvalue weighted by Gasteiger charge is -2.31. The van der Waals surface area contributed by atoms with Crippen LogP contribution in [0.15, 0.2) is 65.5 Å². The summed E-state index contributed by atoms with van der Waals surface area (Å²) in [6.45, 7) is 1.16. The zero-order valence-corrected chi connectivity index (χ0v) is 14.4. The van der Waals surface area contributed by atoms with E-state index in [2.05, 4.69) is 5.32 Å². The lowest BCUT2D eigenvalue weighted by atomic mass is 9.95. The van der Waals surface area contributed by atoms with E-state index in [0.717, 1.165) is 16.5 Å². The second-order valence-electron chi connectivity index (χ2n) is 6.59. The van der Waals surface area contributed by atoms with Crippen LogP contribution in [0, 0.1) is 5.92 Å². The summed E-state index contributed by atoms with van der Waals surface area (Å²) in [6.07, 6.45) is 4.29. The van der Waals surface area contributed by atoms with Gasteiger partial charge >= 0.3 is 0 Å². The molecule has 5 nitrogen and oxygen atoms in total. The number of nitrogens with one attached hydrogen (secondary N) is 1. The highest BCUT2D eigenvalue weighted by atomic mass is 16.3. The Morgan fingerprint density at radius 3 is 2.54 bits per heavy atom. The molecule has 1 fully saturated rings. The van der Waals surface area contributed by atoms with Gasteiger partial charge in [-0.25, -0.2) is 0 Å². The van der Waals surface area contributed by atoms with Crippen LogP contribution < -0.4 is 5.32 Å². The smallest absolute Gasteiger partial charge is 0.257 e. The fourth-order valence-electron chi connectivity index (χ4n) is 3.48. The van der Waals surface area contributed by atoms with Crippen LogP contribution in [-0.4, -0.2) is 29.8 Å². The topological polar surface area (TPSA) is 62.6 Å². The Morgan fingerprint density at radius 2 is 1.77 bits per heavy atom. The van der Waals surface area contributed by atoms with Crippen LogP contribution in [0.3, 0.4) is 0 Å². The number of hydrogen-bond donors (Lipinski definition) is 1. The highest BCUT2D eigenvalue weighted by Crippen LogP contribution is 2.25. The predicted molar refractivity (Wildman–Crippen MR) is 99.9 cm³/mol. The maximum atomic E-state index is 12.7. The Hall–Kier alpha value is -3.08. The zero-order valence-electron chi connectivity index (χ0n) is 14.4. The number of likely N-dealkylation sites (tertiary alicyclic amines) is 1. The minimum absolute atomic E-state index is 0.0248. The van der Waals surface area contributed by atoms with Crippen molar-refractivity contribution in [2.24, 2.45) is 5.92 Å². The first kappa shape index (κ1) is 16.4. The molecule has 132 valence electrons. The summed E-state index contributed by atoms with van der Waals surface area (Å²) in [5.41, 5.74) is 1.40. The van der Waals surface area contributed by atoms with Gasteiger partial charge in [0.05, 0.1) is 11.8 Å². The monoisotopic (exact) mass is 348 g/mol. The van der Waals surface area contributed by atoms with Crippen LogP contribution in [0.1, 0.15) is 23.2 Å². The Kier molecular flexibility index (Phi) is 4.44. The molecule has 1 saturated heterocycles. The van der Waals surface area contributed by atoms with Crippen LogP contribution in [-0.2, 0) is 4.79 Å². The van der Waals surface area contributed by atoms with Crippen LogP contribution in [0.2, 0.25) is 0 Å². The fraction of sp³-hybridized carbons (Fsp3) is 0.238. The summed E-state index contributed by atoms with van der Waals surface area (Å²) in [5.74, 6) is -0.0919. The van der Waals surface area contributed by atoms with Gasteiger partial charge in [-0.15, -0.1) is 0 Å². The molecule has 5 heteroatoms. The number of amides is 2. The van der Waals surface area contributed by atoms with E-state index in [1.54, 1.807) is 11.0 Å². The van der Waals surface area contributed by atoms with E-state index < -0.39 is 0 Å². The summed E-state index contributed by atoms with van der Waals surface area (Å²) >= 11 is 0. The van der Waals surface area contributed by atoms with E-state index in [-0.39, 0.29) is 17.7 Å². The molecule has 1 aliphatic heterocycles. The summed E-state index contributed by atoms with van der Waals surface area (Å²) < 4.78 is 4.98. The lowest BCUT2D eigenvalue weighted by Crippen LogP contribution is -2.41. The molecule has 0 radical (unpaired) electrons. The number of nitrogens with zero attached hydrogens (tertiary/aromatic N) is 1. The number of anilines is 1. The van der Waals surface area contributed by atoms with Crippen molar-refractivity contribution < 1.29 is 14.0 Å². The van der Waals surface area contributed by atoms with Crippen molar-refractivity contribution >= 4 is 28.3 Å². The summed E-state index contributed by atoms with van der Waals surface area (Å²) in [5, 5.41) is 5.21. The predicted octanol–water partition coefficient (Wildman–Crippen LogP) is 3.92. The van der Waals surface area contributed by atoms with Gasteiger partial charge in [-0.2, -0.15) is 0 Å². The summed E-state index contributed by atoms with van der Waals surface area (Å²) in [7, 11) is 0. The average molecular weight is 348 g/mol. The van der Waals surface area contributed by atoms with Crippen molar-refractivity contribution in [3.8, 4) is 0 Å². The fourth-order valence-corrected chi connectivity index (χ4v) is 3.48. The average Bonchev–Trinajstić information content (AvgIpc) is 3.23. The third-order valence-electron chi connectivity index (χ3n) is 4.97. The first-order valence-electron chi connectivity index (χ1n) is 8.82. The number of furan rings is 1. The zero-order chi connectivity index (χ0) is 17.9. The van der Waals surface area contributed by atoms with Crippen molar-refractivity contribution in [3.05, 3.63) is 66.6 Å². The van der Waals surface area contributed by atoms with Gasteiger partial charge in [0.1, 0.15) is 6.26 Å². The molecule has 26 heavy (non-hydrogen) atoms. The number of fused-ring (bicyclic) bond motifs is 1. The lowest BCUT2D eigenvalue weighted by molar-refractivity contribution is -0.121. The standard InChI is InChI=1S/C21H20N2O3/c24-20(22-19-7-3-5-15-4-1-2-6-18(15)19)16-8-11-23(12-9-16)21(25)17-10-13-26-14-17/h1-7,10,13-14,16H,8-9,11-12H2,(H,22,24). The molecule has 3 aromatic rings. The first-order chi connectivity index (χ1) is 12.7. The van der Waals surface area contributed by atoms with Crippen LogP contribution in [0.25, 0.3) is 10.8 Å². The van der Waals surface area contributed by atoms with Crippen molar-refractivity contribution in [1.29, 1.82) is 0 Å². The van der Waals surface area contributed by atoms with Crippen molar-refractivity contribution in [3.63, 3.8) is 0 Å². The minimum atomic E-state index is -0.0811. The highest BCUT2D eigenvalue weighted by Gasteiger charge is 2.28. The normalized spacial score (nSPS) is 15.2. The molecular formula is C21H20N2O3. The highest BCUT2D eigenvalue weighted by molar-refractivity contribution is 6.03. The Morgan fingerprint density at radius 1 is 1.00 bits per heavy atom.